The van der Waals surface area contributed by atoms with Gasteiger partial charge in [0.15, 0.2) is 0 Å². The van der Waals surface area contributed by atoms with Gasteiger partial charge in [0.25, 0.3) is 0 Å². The van der Waals surface area contributed by atoms with Crippen LogP contribution in [-0.2, 0) is 0 Å². The summed E-state index contributed by atoms with van der Waals surface area (Å²) in [4.78, 5) is 13.1. The molecular weight excluding hydrogens is 371 g/mol. The van der Waals surface area contributed by atoms with E-state index in [4.69, 9.17) is 9.47 Å². The molecule has 0 aliphatic rings. The zero-order chi connectivity index (χ0) is 18.9. The lowest BCUT2D eigenvalue weighted by Crippen LogP contribution is -2.26. The van der Waals surface area contributed by atoms with E-state index in [0.29, 0.717) is 18.1 Å². The second-order valence-electron chi connectivity index (χ2n) is 6.04. The number of nitrogens with zero attached hydrogens (tertiary/aromatic N) is 1. The number of carbonyl (C=O) groups is 1. The summed E-state index contributed by atoms with van der Waals surface area (Å²) < 4.78 is 23.9. The SMILES string of the molecule is CCNC(CCOc1ccc(F)cc1)c1cccc(OC(=O)N(C)C)c1.Cl. The third-order valence-corrected chi connectivity index (χ3v) is 3.77. The van der Waals surface area contributed by atoms with Gasteiger partial charge in [-0.1, -0.05) is 19.1 Å². The number of ether oxygens (including phenoxy) is 2. The van der Waals surface area contributed by atoms with E-state index in [1.165, 1.54) is 17.0 Å². The quantitative estimate of drug-likeness (QED) is 0.717. The lowest BCUT2D eigenvalue weighted by Gasteiger charge is -2.19. The summed E-state index contributed by atoms with van der Waals surface area (Å²) in [7, 11) is 3.28. The topological polar surface area (TPSA) is 50.8 Å². The summed E-state index contributed by atoms with van der Waals surface area (Å²) in [5.74, 6) is 0.853. The second-order valence-corrected chi connectivity index (χ2v) is 6.04. The van der Waals surface area contributed by atoms with Gasteiger partial charge in [0, 0.05) is 26.6 Å². The molecule has 7 heteroatoms. The van der Waals surface area contributed by atoms with Crippen molar-refractivity contribution in [1.29, 1.82) is 0 Å². The van der Waals surface area contributed by atoms with Crippen LogP contribution < -0.4 is 14.8 Å². The molecule has 5 nitrogen and oxygen atoms in total. The molecule has 1 unspecified atom stereocenters. The fraction of sp³-hybridized carbons (Fsp3) is 0.350. The highest BCUT2D eigenvalue weighted by molar-refractivity contribution is 5.85. The normalized spacial score (nSPS) is 11.3. The Morgan fingerprint density at radius 2 is 1.85 bits per heavy atom. The van der Waals surface area contributed by atoms with Gasteiger partial charge in [0.1, 0.15) is 17.3 Å². The highest BCUT2D eigenvalue weighted by Gasteiger charge is 2.13. The van der Waals surface area contributed by atoms with Gasteiger partial charge >= 0.3 is 6.09 Å². The van der Waals surface area contributed by atoms with Gasteiger partial charge in [-0.25, -0.2) is 9.18 Å². The van der Waals surface area contributed by atoms with Crippen molar-refractivity contribution in [3.63, 3.8) is 0 Å². The fourth-order valence-electron chi connectivity index (χ4n) is 2.45. The Labute approximate surface area is 165 Å². The van der Waals surface area contributed by atoms with E-state index in [9.17, 15) is 9.18 Å². The number of halogens is 2. The van der Waals surface area contributed by atoms with Crippen molar-refractivity contribution in [2.75, 3.05) is 27.2 Å². The summed E-state index contributed by atoms with van der Waals surface area (Å²) in [6.45, 7) is 3.30. The van der Waals surface area contributed by atoms with Crippen LogP contribution in [0.15, 0.2) is 48.5 Å². The maximum absolute atomic E-state index is 12.9. The number of hydrogen-bond acceptors (Lipinski definition) is 4. The largest absolute Gasteiger partial charge is 0.494 e. The predicted octanol–water partition coefficient (Wildman–Crippen LogP) is 4.43. The molecule has 0 radical (unpaired) electrons. The molecule has 0 spiro atoms. The Morgan fingerprint density at radius 3 is 2.48 bits per heavy atom. The molecular formula is C20H26ClFN2O3. The molecule has 1 N–H and O–H groups in total. The number of nitrogens with one attached hydrogen (secondary N) is 1. The van der Waals surface area contributed by atoms with E-state index >= 15 is 0 Å². The fourth-order valence-corrected chi connectivity index (χ4v) is 2.45. The Bertz CT molecular complexity index is 711. The number of rotatable bonds is 8. The molecule has 0 saturated heterocycles. The van der Waals surface area contributed by atoms with Gasteiger partial charge in [0.05, 0.1) is 6.61 Å². The molecule has 2 aromatic rings. The maximum Gasteiger partial charge on any atom is 0.414 e. The Morgan fingerprint density at radius 1 is 1.15 bits per heavy atom. The molecule has 0 aliphatic carbocycles. The summed E-state index contributed by atoms with van der Waals surface area (Å²) in [5, 5.41) is 3.41. The minimum absolute atomic E-state index is 0. The molecule has 1 atom stereocenters. The first-order valence-electron chi connectivity index (χ1n) is 8.60. The average molecular weight is 397 g/mol. The molecule has 0 heterocycles. The highest BCUT2D eigenvalue weighted by atomic mass is 35.5. The van der Waals surface area contributed by atoms with Crippen LogP contribution in [0, 0.1) is 5.82 Å². The number of carbonyl (C=O) groups excluding carboxylic acids is 1. The molecule has 0 fully saturated rings. The zero-order valence-corrected chi connectivity index (χ0v) is 16.6. The van der Waals surface area contributed by atoms with E-state index in [1.54, 1.807) is 32.3 Å². The van der Waals surface area contributed by atoms with Crippen LogP contribution in [0.2, 0.25) is 0 Å². The number of benzene rings is 2. The molecule has 148 valence electrons. The Hall–Kier alpha value is -2.31. The van der Waals surface area contributed by atoms with Crippen LogP contribution in [0.4, 0.5) is 9.18 Å². The van der Waals surface area contributed by atoms with Crippen LogP contribution in [0.5, 0.6) is 11.5 Å². The zero-order valence-electron chi connectivity index (χ0n) is 15.8. The van der Waals surface area contributed by atoms with Crippen molar-refractivity contribution in [1.82, 2.24) is 10.2 Å². The van der Waals surface area contributed by atoms with E-state index < -0.39 is 6.09 Å². The lowest BCUT2D eigenvalue weighted by molar-refractivity contribution is 0.172. The van der Waals surface area contributed by atoms with Gasteiger partial charge < -0.3 is 19.7 Å². The first-order chi connectivity index (χ1) is 12.5. The van der Waals surface area contributed by atoms with Crippen molar-refractivity contribution in [2.24, 2.45) is 0 Å². The third-order valence-electron chi connectivity index (χ3n) is 3.77. The van der Waals surface area contributed by atoms with Gasteiger partial charge in [-0.05, 0) is 48.5 Å². The van der Waals surface area contributed by atoms with E-state index in [0.717, 1.165) is 18.5 Å². The third kappa shape index (κ3) is 7.45. The van der Waals surface area contributed by atoms with Crippen LogP contribution in [0.25, 0.3) is 0 Å². The van der Waals surface area contributed by atoms with Crippen molar-refractivity contribution in [3.05, 3.63) is 59.9 Å². The smallest absolute Gasteiger partial charge is 0.414 e. The second kappa shape index (κ2) is 11.4. The summed E-state index contributed by atoms with van der Waals surface area (Å²) in [6, 6.07) is 13.5. The van der Waals surface area contributed by atoms with Gasteiger partial charge in [-0.3, -0.25) is 0 Å². The van der Waals surface area contributed by atoms with Gasteiger partial charge in [-0.15, -0.1) is 12.4 Å². The molecule has 0 saturated carbocycles. The number of amides is 1. The minimum atomic E-state index is -0.415. The summed E-state index contributed by atoms with van der Waals surface area (Å²) in [5.41, 5.74) is 1.01. The highest BCUT2D eigenvalue weighted by Crippen LogP contribution is 2.23. The maximum atomic E-state index is 12.9. The molecule has 0 aromatic heterocycles. The van der Waals surface area contributed by atoms with Gasteiger partial charge in [0.2, 0.25) is 0 Å². The monoisotopic (exact) mass is 396 g/mol. The summed E-state index contributed by atoms with van der Waals surface area (Å²) in [6.07, 6.45) is 0.304. The number of hydrogen-bond donors (Lipinski definition) is 1. The van der Waals surface area contributed by atoms with Crippen molar-refractivity contribution in [2.45, 2.75) is 19.4 Å². The summed E-state index contributed by atoms with van der Waals surface area (Å²) >= 11 is 0. The van der Waals surface area contributed by atoms with Crippen molar-refractivity contribution in [3.8, 4) is 11.5 Å². The van der Waals surface area contributed by atoms with Crippen molar-refractivity contribution < 1.29 is 18.7 Å². The van der Waals surface area contributed by atoms with Crippen molar-refractivity contribution >= 4 is 18.5 Å². The van der Waals surface area contributed by atoms with E-state index in [-0.39, 0.29) is 24.3 Å². The molecule has 0 aliphatic heterocycles. The van der Waals surface area contributed by atoms with Crippen LogP contribution >= 0.6 is 12.4 Å². The Balaban J connectivity index is 0.00000364. The molecule has 27 heavy (non-hydrogen) atoms. The molecule has 1 amide bonds. The minimum Gasteiger partial charge on any atom is -0.494 e. The first kappa shape index (κ1) is 22.7. The average Bonchev–Trinajstić information content (AvgIpc) is 2.62. The van der Waals surface area contributed by atoms with Crippen LogP contribution in [-0.4, -0.2) is 38.2 Å². The standard InChI is InChI=1S/C20H25FN2O3.ClH/c1-4-22-19(12-13-25-17-10-8-16(21)9-11-17)15-6-5-7-18(14-15)26-20(24)23(2)3;/h5-11,14,19,22H,4,12-13H2,1-3H3;1H. The van der Waals surface area contributed by atoms with Gasteiger partial charge in [-0.2, -0.15) is 0 Å². The molecule has 0 bridgehead atoms. The molecule has 2 aromatic carbocycles. The lowest BCUT2D eigenvalue weighted by atomic mass is 10.0. The molecule has 2 rings (SSSR count). The van der Waals surface area contributed by atoms with Crippen LogP contribution in [0.3, 0.4) is 0 Å². The van der Waals surface area contributed by atoms with Crippen LogP contribution in [0.1, 0.15) is 24.9 Å². The van der Waals surface area contributed by atoms with E-state index in [2.05, 4.69) is 5.32 Å². The van der Waals surface area contributed by atoms with E-state index in [1.807, 2.05) is 25.1 Å². The predicted molar refractivity (Wildman–Crippen MR) is 106 cm³/mol. The first-order valence-corrected chi connectivity index (χ1v) is 8.60. The Kier molecular flexibility index (Phi) is 9.61.